The molecule has 2 aliphatic carbocycles. The van der Waals surface area contributed by atoms with E-state index in [9.17, 15) is 4.39 Å². The molecule has 2 aromatic carbocycles. The van der Waals surface area contributed by atoms with Gasteiger partial charge >= 0.3 is 0 Å². The van der Waals surface area contributed by atoms with Gasteiger partial charge in [0.05, 0.1) is 50.9 Å². The molecule has 1 fully saturated rings. The Morgan fingerprint density at radius 3 is 2.56 bits per heavy atom. The van der Waals surface area contributed by atoms with Crippen LogP contribution in [0.15, 0.2) is 84.0 Å². The molecule has 0 spiro atoms. The standard InChI is InChI=1S/C28H24FN5/c1-18-22(9-5-15-30-18)32-24-16-26-28(17-25(24)31-20-6-4-7-20)34(21-13-11-19(29)12-14-21)27-10-3-2-8-23(27)33-26/h2-3,5,8-17,20,32H,4,6-7H2,1H3. The summed E-state index contributed by atoms with van der Waals surface area (Å²) < 4.78 is 15.9. The van der Waals surface area contributed by atoms with E-state index in [1.54, 1.807) is 18.3 Å². The van der Waals surface area contributed by atoms with E-state index in [1.807, 2.05) is 43.3 Å². The topological polar surface area (TPSA) is 55.1 Å². The first-order valence-electron chi connectivity index (χ1n) is 11.6. The molecule has 34 heavy (non-hydrogen) atoms. The lowest BCUT2D eigenvalue weighted by molar-refractivity contribution is 0.413. The van der Waals surface area contributed by atoms with Crippen molar-refractivity contribution < 1.29 is 4.39 Å². The number of aromatic nitrogens is 3. The van der Waals surface area contributed by atoms with Crippen molar-refractivity contribution in [3.05, 3.63) is 95.9 Å². The van der Waals surface area contributed by atoms with Crippen LogP contribution in [0.2, 0.25) is 0 Å². The van der Waals surface area contributed by atoms with E-state index in [0.29, 0.717) is 6.04 Å². The maximum absolute atomic E-state index is 13.7. The van der Waals surface area contributed by atoms with E-state index < -0.39 is 0 Å². The van der Waals surface area contributed by atoms with Crippen molar-refractivity contribution in [2.75, 3.05) is 5.32 Å². The summed E-state index contributed by atoms with van der Waals surface area (Å²) in [5.74, 6) is -0.258. The number of para-hydroxylation sites is 2. The molecule has 2 heterocycles. The van der Waals surface area contributed by atoms with Gasteiger partial charge in [0, 0.05) is 11.9 Å². The summed E-state index contributed by atoms with van der Waals surface area (Å²) in [5.41, 5.74) is 7.24. The lowest BCUT2D eigenvalue weighted by atomic mass is 9.94. The van der Waals surface area contributed by atoms with Crippen LogP contribution in [0.25, 0.3) is 28.1 Å². The minimum atomic E-state index is -0.258. The van der Waals surface area contributed by atoms with E-state index in [4.69, 9.17) is 9.98 Å². The fourth-order valence-corrected chi connectivity index (χ4v) is 4.39. The maximum atomic E-state index is 13.7. The Labute approximate surface area is 197 Å². The quantitative estimate of drug-likeness (QED) is 0.334. The van der Waals surface area contributed by atoms with Crippen LogP contribution in [0.1, 0.15) is 25.0 Å². The van der Waals surface area contributed by atoms with Crippen molar-refractivity contribution in [1.82, 2.24) is 14.5 Å². The Morgan fingerprint density at radius 1 is 0.971 bits per heavy atom. The van der Waals surface area contributed by atoms with Crippen LogP contribution in [0.3, 0.4) is 0 Å². The van der Waals surface area contributed by atoms with E-state index >= 15 is 0 Å². The molecular formula is C28H24FN5. The molecule has 5 nitrogen and oxygen atoms in total. The van der Waals surface area contributed by atoms with E-state index in [1.165, 1.54) is 18.6 Å². The number of nitrogens with zero attached hydrogens (tertiary/aromatic N) is 4. The SMILES string of the molecule is Cc1ncccc1Nc1cc2nc3ccccc3n(-c3ccc(F)cc3)c-2cc1=NC1CCC1. The van der Waals surface area contributed by atoms with Crippen LogP contribution in [-0.4, -0.2) is 20.6 Å². The van der Waals surface area contributed by atoms with E-state index in [-0.39, 0.29) is 5.82 Å². The zero-order chi connectivity index (χ0) is 23.1. The van der Waals surface area contributed by atoms with Gasteiger partial charge in [0.1, 0.15) is 5.82 Å². The highest BCUT2D eigenvalue weighted by Gasteiger charge is 2.19. The average molecular weight is 450 g/mol. The number of rotatable bonds is 4. The summed E-state index contributed by atoms with van der Waals surface area (Å²) in [4.78, 5) is 14.5. The highest BCUT2D eigenvalue weighted by molar-refractivity contribution is 5.84. The predicted molar refractivity (Wildman–Crippen MR) is 133 cm³/mol. The van der Waals surface area contributed by atoms with Crippen molar-refractivity contribution in [3.63, 3.8) is 0 Å². The van der Waals surface area contributed by atoms with Crippen LogP contribution in [-0.2, 0) is 0 Å². The number of pyridine rings is 1. The Kier molecular flexibility index (Phi) is 5.06. The molecule has 3 aromatic rings. The van der Waals surface area contributed by atoms with Gasteiger partial charge in [0.2, 0.25) is 0 Å². The molecule has 0 unspecified atom stereocenters. The maximum Gasteiger partial charge on any atom is 0.123 e. The van der Waals surface area contributed by atoms with E-state index in [0.717, 1.165) is 63.4 Å². The number of anilines is 2. The molecule has 1 saturated carbocycles. The number of aryl methyl sites for hydroxylation is 1. The molecule has 6 heteroatoms. The minimum absolute atomic E-state index is 0.258. The number of hydrogen-bond acceptors (Lipinski definition) is 4. The van der Waals surface area contributed by atoms with Gasteiger partial charge in [0.15, 0.2) is 0 Å². The first-order valence-corrected chi connectivity index (χ1v) is 11.6. The third-order valence-electron chi connectivity index (χ3n) is 6.45. The minimum Gasteiger partial charge on any atom is -0.352 e. The van der Waals surface area contributed by atoms with Gasteiger partial charge in [-0.3, -0.25) is 9.98 Å². The lowest BCUT2D eigenvalue weighted by Crippen LogP contribution is -2.22. The van der Waals surface area contributed by atoms with Gasteiger partial charge in [-0.05, 0) is 86.8 Å². The van der Waals surface area contributed by atoms with Crippen LogP contribution >= 0.6 is 0 Å². The molecule has 1 aliphatic heterocycles. The Balaban J connectivity index is 1.64. The summed E-state index contributed by atoms with van der Waals surface area (Å²) in [5, 5.41) is 4.44. The summed E-state index contributed by atoms with van der Waals surface area (Å²) in [6, 6.07) is 23.0. The zero-order valence-corrected chi connectivity index (χ0v) is 18.9. The van der Waals surface area contributed by atoms with Gasteiger partial charge in [-0.25, -0.2) is 9.37 Å². The molecule has 6 rings (SSSR count). The van der Waals surface area contributed by atoms with Crippen molar-refractivity contribution in [3.8, 4) is 17.1 Å². The average Bonchev–Trinajstić information content (AvgIpc) is 2.82. The number of hydrogen-bond donors (Lipinski definition) is 1. The van der Waals surface area contributed by atoms with E-state index in [2.05, 4.69) is 27.0 Å². The lowest BCUT2D eigenvalue weighted by Gasteiger charge is -2.23. The van der Waals surface area contributed by atoms with Gasteiger partial charge in [-0.1, -0.05) is 12.1 Å². The third-order valence-corrected chi connectivity index (χ3v) is 6.45. The molecule has 0 radical (unpaired) electrons. The van der Waals surface area contributed by atoms with Crippen molar-refractivity contribution in [2.24, 2.45) is 4.99 Å². The Hall–Kier alpha value is -4.06. The molecule has 0 saturated heterocycles. The van der Waals surface area contributed by atoms with Crippen molar-refractivity contribution >= 4 is 22.4 Å². The molecule has 168 valence electrons. The largest absolute Gasteiger partial charge is 0.352 e. The fourth-order valence-electron chi connectivity index (χ4n) is 4.39. The normalized spacial score (nSPS) is 14.5. The second-order valence-corrected chi connectivity index (χ2v) is 8.75. The Morgan fingerprint density at radius 2 is 1.79 bits per heavy atom. The first kappa shape index (κ1) is 20.5. The van der Waals surface area contributed by atoms with Crippen LogP contribution in [0.4, 0.5) is 15.8 Å². The van der Waals surface area contributed by atoms with Crippen molar-refractivity contribution in [2.45, 2.75) is 32.2 Å². The molecule has 0 amide bonds. The van der Waals surface area contributed by atoms with Crippen LogP contribution in [0.5, 0.6) is 0 Å². The number of nitrogens with one attached hydrogen (secondary N) is 1. The van der Waals surface area contributed by atoms with Crippen LogP contribution < -0.4 is 10.7 Å². The summed E-state index contributed by atoms with van der Waals surface area (Å²) in [7, 11) is 0. The molecule has 1 aromatic heterocycles. The van der Waals surface area contributed by atoms with Gasteiger partial charge in [0.25, 0.3) is 0 Å². The van der Waals surface area contributed by atoms with Gasteiger partial charge in [-0.15, -0.1) is 0 Å². The van der Waals surface area contributed by atoms with Gasteiger partial charge < -0.3 is 9.88 Å². The molecule has 0 bridgehead atoms. The third kappa shape index (κ3) is 3.71. The Bertz CT molecular complexity index is 1530. The monoisotopic (exact) mass is 449 g/mol. The second kappa shape index (κ2) is 8.37. The number of benzene rings is 3. The van der Waals surface area contributed by atoms with Gasteiger partial charge in [-0.2, -0.15) is 0 Å². The summed E-state index contributed by atoms with van der Waals surface area (Å²) >= 11 is 0. The number of halogens is 1. The predicted octanol–water partition coefficient (Wildman–Crippen LogP) is 6.17. The smallest absolute Gasteiger partial charge is 0.123 e. The first-order chi connectivity index (χ1) is 16.7. The molecular weight excluding hydrogens is 425 g/mol. The van der Waals surface area contributed by atoms with Crippen molar-refractivity contribution in [1.29, 1.82) is 0 Å². The zero-order valence-electron chi connectivity index (χ0n) is 18.9. The molecule has 0 atom stereocenters. The van der Waals surface area contributed by atoms with Crippen LogP contribution in [0, 0.1) is 12.7 Å². The fraction of sp³-hybridized carbons (Fsp3) is 0.179. The number of fused-ring (bicyclic) bond motifs is 2. The second-order valence-electron chi connectivity index (χ2n) is 8.75. The highest BCUT2D eigenvalue weighted by atomic mass is 19.1. The molecule has 3 aliphatic rings. The highest BCUT2D eigenvalue weighted by Crippen LogP contribution is 2.31. The summed E-state index contributed by atoms with van der Waals surface area (Å²) in [6.45, 7) is 1.99. The molecule has 1 N–H and O–H groups in total. The summed E-state index contributed by atoms with van der Waals surface area (Å²) in [6.07, 6.45) is 5.22.